The zero-order valence-electron chi connectivity index (χ0n) is 19.7. The summed E-state index contributed by atoms with van der Waals surface area (Å²) in [4.78, 5) is 39.3. The van der Waals surface area contributed by atoms with Gasteiger partial charge in [0.15, 0.2) is 0 Å². The molecule has 3 N–H and O–H groups in total. The Morgan fingerprint density at radius 3 is 2.23 bits per heavy atom. The van der Waals surface area contributed by atoms with Crippen molar-refractivity contribution >= 4 is 41.0 Å². The van der Waals surface area contributed by atoms with Crippen LogP contribution in [0.4, 0.5) is 17.1 Å². The summed E-state index contributed by atoms with van der Waals surface area (Å²) < 4.78 is 5.39. The highest BCUT2D eigenvalue weighted by atomic mass is 16.5. The summed E-state index contributed by atoms with van der Waals surface area (Å²) in [5, 5.41) is 9.04. The highest BCUT2D eigenvalue weighted by molar-refractivity contribution is 6.40. The van der Waals surface area contributed by atoms with Crippen LogP contribution in [0.15, 0.2) is 77.9 Å². The van der Waals surface area contributed by atoms with E-state index in [0.29, 0.717) is 18.0 Å². The summed E-state index contributed by atoms with van der Waals surface area (Å²) in [7, 11) is 3.87. The number of hydrazone groups is 1. The average molecular weight is 474 g/mol. The van der Waals surface area contributed by atoms with Crippen LogP contribution in [0, 0.1) is 0 Å². The van der Waals surface area contributed by atoms with Crippen molar-refractivity contribution in [2.24, 2.45) is 5.10 Å². The second-order valence-corrected chi connectivity index (χ2v) is 7.60. The predicted octanol–water partition coefficient (Wildman–Crippen LogP) is 3.49. The Kier molecular flexibility index (Phi) is 8.55. The number of ether oxygens (including phenoxy) is 1. The van der Waals surface area contributed by atoms with Gasteiger partial charge in [-0.2, -0.15) is 5.10 Å². The van der Waals surface area contributed by atoms with E-state index >= 15 is 0 Å². The van der Waals surface area contributed by atoms with Gasteiger partial charge < -0.3 is 20.3 Å². The molecule has 0 atom stereocenters. The van der Waals surface area contributed by atoms with Crippen LogP contribution in [-0.2, 0) is 9.59 Å². The van der Waals surface area contributed by atoms with Crippen LogP contribution < -0.4 is 25.7 Å². The molecule has 3 aromatic carbocycles. The fraction of sp³-hybridized carbons (Fsp3) is 0.154. The summed E-state index contributed by atoms with van der Waals surface area (Å²) in [5.74, 6) is -1.67. The first kappa shape index (κ1) is 25.0. The summed E-state index contributed by atoms with van der Waals surface area (Å²) in [6.45, 7) is 2.43. The number of hydrogen-bond acceptors (Lipinski definition) is 6. The third-order valence-corrected chi connectivity index (χ3v) is 4.84. The minimum absolute atomic E-state index is 0.194. The van der Waals surface area contributed by atoms with Crippen LogP contribution >= 0.6 is 0 Å². The monoisotopic (exact) mass is 473 g/mol. The third kappa shape index (κ3) is 7.16. The van der Waals surface area contributed by atoms with Gasteiger partial charge in [0.1, 0.15) is 5.75 Å². The molecule has 180 valence electrons. The molecule has 0 heterocycles. The van der Waals surface area contributed by atoms with Crippen LogP contribution in [0.1, 0.15) is 22.8 Å². The van der Waals surface area contributed by atoms with E-state index < -0.39 is 17.7 Å². The molecule has 3 rings (SSSR count). The van der Waals surface area contributed by atoms with Gasteiger partial charge in [-0.1, -0.05) is 24.3 Å². The SMILES string of the molecule is CCOc1ccc(NC(=O)c2ccccc2NC(=O)C(=O)N/N=C/c2ccc(N(C)C)cc2)cc1. The molecule has 9 nitrogen and oxygen atoms in total. The highest BCUT2D eigenvalue weighted by Gasteiger charge is 2.17. The molecule has 0 aliphatic rings. The Labute approximate surface area is 203 Å². The zero-order valence-corrected chi connectivity index (χ0v) is 19.7. The number of para-hydroxylation sites is 1. The maximum atomic E-state index is 12.8. The predicted molar refractivity (Wildman–Crippen MR) is 137 cm³/mol. The largest absolute Gasteiger partial charge is 0.494 e. The van der Waals surface area contributed by atoms with E-state index in [-0.39, 0.29) is 11.3 Å². The number of hydrogen-bond donors (Lipinski definition) is 3. The van der Waals surface area contributed by atoms with E-state index in [1.54, 1.807) is 42.5 Å². The Morgan fingerprint density at radius 1 is 0.886 bits per heavy atom. The average Bonchev–Trinajstić information content (AvgIpc) is 2.86. The lowest BCUT2D eigenvalue weighted by atomic mass is 10.1. The second kappa shape index (κ2) is 12.0. The Morgan fingerprint density at radius 2 is 1.57 bits per heavy atom. The van der Waals surface area contributed by atoms with Crippen molar-refractivity contribution in [1.82, 2.24) is 5.43 Å². The van der Waals surface area contributed by atoms with Gasteiger partial charge in [0.25, 0.3) is 5.91 Å². The molecule has 35 heavy (non-hydrogen) atoms. The third-order valence-electron chi connectivity index (χ3n) is 4.84. The number of nitrogens with one attached hydrogen (secondary N) is 3. The molecular weight excluding hydrogens is 446 g/mol. The standard InChI is InChI=1S/C26H27N5O4/c1-4-35-21-15-11-19(12-16-21)28-24(32)22-7-5-6-8-23(22)29-25(33)26(34)30-27-17-18-9-13-20(14-10-18)31(2)3/h5-17H,4H2,1-3H3,(H,28,32)(H,29,33)(H,30,34)/b27-17+. The number of nitrogens with zero attached hydrogens (tertiary/aromatic N) is 2. The van der Waals surface area contributed by atoms with Gasteiger partial charge in [0.2, 0.25) is 0 Å². The molecule has 0 saturated heterocycles. The fourth-order valence-corrected chi connectivity index (χ4v) is 3.04. The van der Waals surface area contributed by atoms with E-state index in [4.69, 9.17) is 4.74 Å². The van der Waals surface area contributed by atoms with Crippen LogP contribution in [0.2, 0.25) is 0 Å². The molecular formula is C26H27N5O4. The lowest BCUT2D eigenvalue weighted by Gasteiger charge is -2.12. The van der Waals surface area contributed by atoms with Gasteiger partial charge in [-0.25, -0.2) is 5.43 Å². The van der Waals surface area contributed by atoms with Gasteiger partial charge >= 0.3 is 11.8 Å². The molecule has 0 unspecified atom stereocenters. The number of amides is 3. The Hall–Kier alpha value is -4.66. The second-order valence-electron chi connectivity index (χ2n) is 7.60. The number of carbonyl (C=O) groups excluding carboxylic acids is 3. The Bertz CT molecular complexity index is 1210. The van der Waals surface area contributed by atoms with Crippen molar-refractivity contribution in [2.75, 3.05) is 36.2 Å². The van der Waals surface area contributed by atoms with Crippen molar-refractivity contribution in [1.29, 1.82) is 0 Å². The minimum atomic E-state index is -0.965. The minimum Gasteiger partial charge on any atom is -0.494 e. The van der Waals surface area contributed by atoms with E-state index in [9.17, 15) is 14.4 Å². The van der Waals surface area contributed by atoms with Crippen molar-refractivity contribution in [3.05, 3.63) is 83.9 Å². The first-order valence-corrected chi connectivity index (χ1v) is 10.9. The molecule has 3 amide bonds. The lowest BCUT2D eigenvalue weighted by Crippen LogP contribution is -2.33. The van der Waals surface area contributed by atoms with Crippen LogP contribution in [0.5, 0.6) is 5.75 Å². The van der Waals surface area contributed by atoms with Crippen LogP contribution in [0.3, 0.4) is 0 Å². The molecule has 0 aliphatic carbocycles. The van der Waals surface area contributed by atoms with Crippen molar-refractivity contribution in [3.63, 3.8) is 0 Å². The van der Waals surface area contributed by atoms with Gasteiger partial charge in [-0.05, 0) is 61.0 Å². The first-order valence-electron chi connectivity index (χ1n) is 10.9. The fourth-order valence-electron chi connectivity index (χ4n) is 3.04. The molecule has 0 saturated carbocycles. The summed E-state index contributed by atoms with van der Waals surface area (Å²) in [6, 6.07) is 20.8. The van der Waals surface area contributed by atoms with Gasteiger partial charge in [0.05, 0.1) is 24.1 Å². The number of benzene rings is 3. The molecule has 0 radical (unpaired) electrons. The van der Waals surface area contributed by atoms with E-state index in [1.807, 2.05) is 50.2 Å². The Balaban J connectivity index is 1.59. The summed E-state index contributed by atoms with van der Waals surface area (Å²) in [5.41, 5.74) is 4.92. The van der Waals surface area contributed by atoms with E-state index in [0.717, 1.165) is 11.3 Å². The topological polar surface area (TPSA) is 112 Å². The smallest absolute Gasteiger partial charge is 0.329 e. The number of rotatable bonds is 8. The molecule has 0 aromatic heterocycles. The highest BCUT2D eigenvalue weighted by Crippen LogP contribution is 2.20. The van der Waals surface area contributed by atoms with Crippen molar-refractivity contribution < 1.29 is 19.1 Å². The lowest BCUT2D eigenvalue weighted by molar-refractivity contribution is -0.136. The van der Waals surface area contributed by atoms with E-state index in [2.05, 4.69) is 21.2 Å². The maximum absolute atomic E-state index is 12.8. The van der Waals surface area contributed by atoms with Crippen molar-refractivity contribution in [2.45, 2.75) is 6.92 Å². The van der Waals surface area contributed by atoms with Gasteiger partial charge in [0, 0.05) is 25.5 Å². The molecule has 0 spiro atoms. The van der Waals surface area contributed by atoms with Gasteiger partial charge in [-0.15, -0.1) is 0 Å². The van der Waals surface area contributed by atoms with E-state index in [1.165, 1.54) is 12.3 Å². The molecule has 3 aromatic rings. The molecule has 9 heteroatoms. The molecule has 0 bridgehead atoms. The van der Waals surface area contributed by atoms with Crippen LogP contribution in [-0.4, -0.2) is 44.6 Å². The molecule has 0 aliphatic heterocycles. The normalized spacial score (nSPS) is 10.5. The molecule has 0 fully saturated rings. The summed E-state index contributed by atoms with van der Waals surface area (Å²) in [6.07, 6.45) is 1.43. The number of carbonyl (C=O) groups is 3. The quantitative estimate of drug-likeness (QED) is 0.263. The maximum Gasteiger partial charge on any atom is 0.329 e. The summed E-state index contributed by atoms with van der Waals surface area (Å²) >= 11 is 0. The zero-order chi connectivity index (χ0) is 25.2. The first-order chi connectivity index (χ1) is 16.9. The van der Waals surface area contributed by atoms with Crippen LogP contribution in [0.25, 0.3) is 0 Å². The van der Waals surface area contributed by atoms with Crippen molar-refractivity contribution in [3.8, 4) is 5.75 Å². The van der Waals surface area contributed by atoms with Gasteiger partial charge in [-0.3, -0.25) is 14.4 Å². The number of anilines is 3.